The number of nitrogens with one attached hydrogen (secondary N) is 1. The Balaban J connectivity index is 1.11. The zero-order valence-corrected chi connectivity index (χ0v) is 24.6. The number of hydrogen-bond donors (Lipinski definition) is 1. The fourth-order valence-corrected chi connectivity index (χ4v) is 4.90. The molecule has 0 spiro atoms. The third-order valence-corrected chi connectivity index (χ3v) is 7.15. The van der Waals surface area contributed by atoms with Gasteiger partial charge in [-0.05, 0) is 115 Å². The average molecular weight is 663 g/mol. The molecule has 3 aromatic carbocycles. The van der Waals surface area contributed by atoms with Crippen LogP contribution in [-0.4, -0.2) is 16.7 Å². The van der Waals surface area contributed by atoms with E-state index >= 15 is 0 Å². The minimum Gasteiger partial charge on any atom is -0.488 e. The summed E-state index contributed by atoms with van der Waals surface area (Å²) in [6.07, 6.45) is 1.52. The molecule has 0 saturated carbocycles. The van der Waals surface area contributed by atoms with Crippen LogP contribution in [0.2, 0.25) is 0 Å². The number of carbonyl (C=O) groups is 1. The van der Waals surface area contributed by atoms with Gasteiger partial charge in [-0.2, -0.15) is 5.10 Å². The molecule has 0 saturated heterocycles. The van der Waals surface area contributed by atoms with Crippen LogP contribution in [0.1, 0.15) is 38.8 Å². The van der Waals surface area contributed by atoms with Gasteiger partial charge in [0.15, 0.2) is 5.76 Å². The second kappa shape index (κ2) is 12.9. The van der Waals surface area contributed by atoms with Crippen LogP contribution in [0.15, 0.2) is 101 Å². The van der Waals surface area contributed by atoms with Gasteiger partial charge in [-0.25, -0.2) is 9.82 Å². The number of hydrogen-bond acceptors (Lipinski definition) is 5. The summed E-state index contributed by atoms with van der Waals surface area (Å²) in [7, 11) is 0. The van der Waals surface area contributed by atoms with Gasteiger partial charge < -0.3 is 18.5 Å². The predicted octanol–water partition coefficient (Wildman–Crippen LogP) is 7.35. The molecule has 208 valence electrons. The van der Waals surface area contributed by atoms with Crippen LogP contribution in [0.3, 0.4) is 0 Å². The lowest BCUT2D eigenvalue weighted by molar-refractivity contribution is 0.0923. The zero-order chi connectivity index (χ0) is 28.8. The Bertz CT molecular complexity index is 1670. The van der Waals surface area contributed by atoms with Crippen molar-refractivity contribution in [2.75, 3.05) is 0 Å². The number of nitrogens with zero attached hydrogens (tertiary/aromatic N) is 2. The number of furan rings is 1. The van der Waals surface area contributed by atoms with Crippen LogP contribution < -0.4 is 14.9 Å². The Labute approximate surface area is 250 Å². The number of hydrazone groups is 1. The molecule has 0 fully saturated rings. The third kappa shape index (κ3) is 7.04. The maximum absolute atomic E-state index is 13.8. The lowest BCUT2D eigenvalue weighted by Crippen LogP contribution is -2.16. The topological polar surface area (TPSA) is 78.0 Å². The molecule has 0 radical (unpaired) electrons. The van der Waals surface area contributed by atoms with Gasteiger partial charge in [0, 0.05) is 22.6 Å². The molecular weight excluding hydrogens is 636 g/mol. The van der Waals surface area contributed by atoms with Gasteiger partial charge in [-0.3, -0.25) is 4.79 Å². The van der Waals surface area contributed by atoms with E-state index < -0.39 is 5.91 Å². The van der Waals surface area contributed by atoms with Crippen molar-refractivity contribution < 1.29 is 23.1 Å². The highest BCUT2D eigenvalue weighted by Crippen LogP contribution is 2.24. The van der Waals surface area contributed by atoms with Crippen molar-refractivity contribution >= 4 is 34.7 Å². The number of aromatic nitrogens is 1. The Hall–Kier alpha value is -4.38. The SMILES string of the molecule is Cc1ccc(C)n1-c1ccc(OCc2ccc(C(=O)N/N=C/c3ccc(OCc4ccccc4F)c(I)c3)o2)cc1. The Morgan fingerprint density at radius 3 is 2.44 bits per heavy atom. The molecule has 5 aromatic rings. The highest BCUT2D eigenvalue weighted by Gasteiger charge is 2.12. The van der Waals surface area contributed by atoms with Gasteiger partial charge in [0.25, 0.3) is 0 Å². The van der Waals surface area contributed by atoms with Gasteiger partial charge in [-0.15, -0.1) is 0 Å². The van der Waals surface area contributed by atoms with E-state index in [1.165, 1.54) is 12.3 Å². The lowest BCUT2D eigenvalue weighted by Gasteiger charge is -2.10. The van der Waals surface area contributed by atoms with E-state index in [4.69, 9.17) is 13.9 Å². The number of carbonyl (C=O) groups excluding carboxylic acids is 1. The molecule has 2 heterocycles. The number of benzene rings is 3. The smallest absolute Gasteiger partial charge is 0.307 e. The first-order valence-corrected chi connectivity index (χ1v) is 13.9. The molecule has 9 heteroatoms. The van der Waals surface area contributed by atoms with Crippen molar-refractivity contribution in [1.82, 2.24) is 9.99 Å². The standard InChI is InChI=1S/C32H27FIN3O4/c1-21-7-8-22(2)37(21)25-10-12-26(13-11-25)39-20-27-14-16-31(41-27)32(38)36-35-18-23-9-15-30(29(34)17-23)40-19-24-5-3-4-6-28(24)33/h3-18H,19-20H2,1-2H3,(H,36,38)/b35-18+. The van der Waals surface area contributed by atoms with E-state index in [2.05, 4.69) is 63.7 Å². The summed E-state index contributed by atoms with van der Waals surface area (Å²) in [4.78, 5) is 12.5. The molecule has 7 nitrogen and oxygen atoms in total. The van der Waals surface area contributed by atoms with Gasteiger partial charge >= 0.3 is 5.91 Å². The second-order valence-corrected chi connectivity index (χ2v) is 10.4. The number of rotatable bonds is 10. The van der Waals surface area contributed by atoms with Crippen molar-refractivity contribution in [1.29, 1.82) is 0 Å². The first-order valence-electron chi connectivity index (χ1n) is 12.8. The van der Waals surface area contributed by atoms with E-state index in [1.54, 1.807) is 42.5 Å². The molecule has 0 unspecified atom stereocenters. The molecule has 0 aliphatic heterocycles. The number of amides is 1. The minimum atomic E-state index is -0.478. The zero-order valence-electron chi connectivity index (χ0n) is 22.4. The van der Waals surface area contributed by atoms with Crippen molar-refractivity contribution in [3.05, 3.63) is 134 Å². The Morgan fingerprint density at radius 1 is 0.951 bits per heavy atom. The van der Waals surface area contributed by atoms with Gasteiger partial charge in [0.2, 0.25) is 0 Å². The summed E-state index contributed by atoms with van der Waals surface area (Å²) in [5.74, 6) is 1.18. The maximum atomic E-state index is 13.8. The van der Waals surface area contributed by atoms with E-state index in [0.717, 1.165) is 26.2 Å². The number of aryl methyl sites for hydroxylation is 2. The van der Waals surface area contributed by atoms with Crippen LogP contribution >= 0.6 is 22.6 Å². The van der Waals surface area contributed by atoms with E-state index in [9.17, 15) is 9.18 Å². The second-order valence-electron chi connectivity index (χ2n) is 9.27. The molecular formula is C32H27FIN3O4. The summed E-state index contributed by atoms with van der Waals surface area (Å²) in [6.45, 7) is 4.45. The van der Waals surface area contributed by atoms with Crippen LogP contribution in [0.25, 0.3) is 5.69 Å². The average Bonchev–Trinajstić information content (AvgIpc) is 3.58. The molecule has 0 atom stereocenters. The minimum absolute atomic E-state index is 0.126. The molecule has 0 bridgehead atoms. The van der Waals surface area contributed by atoms with Gasteiger partial charge in [-0.1, -0.05) is 18.2 Å². The fraction of sp³-hybridized carbons (Fsp3) is 0.125. The molecule has 0 aliphatic carbocycles. The first kappa shape index (κ1) is 28.2. The summed E-state index contributed by atoms with van der Waals surface area (Å²) < 4.78 is 34.0. The van der Waals surface area contributed by atoms with Crippen molar-refractivity contribution in [2.24, 2.45) is 5.10 Å². The summed E-state index contributed by atoms with van der Waals surface area (Å²) in [5, 5.41) is 4.03. The maximum Gasteiger partial charge on any atom is 0.307 e. The molecule has 1 N–H and O–H groups in total. The monoisotopic (exact) mass is 663 g/mol. The Morgan fingerprint density at radius 2 is 1.71 bits per heavy atom. The first-order chi connectivity index (χ1) is 19.9. The Kier molecular flexibility index (Phi) is 8.83. The number of ether oxygens (including phenoxy) is 2. The summed E-state index contributed by atoms with van der Waals surface area (Å²) >= 11 is 2.14. The van der Waals surface area contributed by atoms with E-state index in [0.29, 0.717) is 22.8 Å². The molecule has 2 aromatic heterocycles. The quantitative estimate of drug-likeness (QED) is 0.0964. The third-order valence-electron chi connectivity index (χ3n) is 6.31. The fourth-order valence-electron chi connectivity index (χ4n) is 4.21. The lowest BCUT2D eigenvalue weighted by atomic mass is 10.2. The molecule has 5 rings (SSSR count). The van der Waals surface area contributed by atoms with Crippen molar-refractivity contribution in [3.8, 4) is 17.2 Å². The normalized spacial score (nSPS) is 11.1. The van der Waals surface area contributed by atoms with Crippen LogP contribution in [0.4, 0.5) is 4.39 Å². The molecule has 41 heavy (non-hydrogen) atoms. The highest BCUT2D eigenvalue weighted by atomic mass is 127. The van der Waals surface area contributed by atoms with Crippen LogP contribution in [0, 0.1) is 23.2 Å². The van der Waals surface area contributed by atoms with Crippen LogP contribution in [-0.2, 0) is 13.2 Å². The largest absolute Gasteiger partial charge is 0.488 e. The van der Waals surface area contributed by atoms with E-state index in [1.807, 2.05) is 30.3 Å². The van der Waals surface area contributed by atoms with Gasteiger partial charge in [0.1, 0.15) is 36.3 Å². The van der Waals surface area contributed by atoms with Crippen LogP contribution in [0.5, 0.6) is 11.5 Å². The molecule has 0 aliphatic rings. The van der Waals surface area contributed by atoms with Crippen molar-refractivity contribution in [3.63, 3.8) is 0 Å². The van der Waals surface area contributed by atoms with E-state index in [-0.39, 0.29) is 24.8 Å². The predicted molar refractivity (Wildman–Crippen MR) is 163 cm³/mol. The summed E-state index contributed by atoms with van der Waals surface area (Å²) in [6, 6.07) is 27.2. The highest BCUT2D eigenvalue weighted by molar-refractivity contribution is 14.1. The summed E-state index contributed by atoms with van der Waals surface area (Å²) in [5.41, 5.74) is 7.10. The van der Waals surface area contributed by atoms with Crippen molar-refractivity contribution in [2.45, 2.75) is 27.1 Å². The van der Waals surface area contributed by atoms with Gasteiger partial charge in [0.05, 0.1) is 9.78 Å². The molecule has 1 amide bonds. The number of halogens is 2.